The number of pyridine rings is 1. The van der Waals surface area contributed by atoms with Crippen LogP contribution in [0.3, 0.4) is 0 Å². The van der Waals surface area contributed by atoms with E-state index in [0.717, 1.165) is 33.2 Å². The zero-order chi connectivity index (χ0) is 20.3. The minimum absolute atomic E-state index is 0.323. The van der Waals surface area contributed by atoms with Crippen molar-refractivity contribution < 1.29 is 4.79 Å². The Morgan fingerprint density at radius 3 is 1.97 bits per heavy atom. The van der Waals surface area contributed by atoms with Crippen LogP contribution in [0.15, 0.2) is 113 Å². The Morgan fingerprint density at radius 1 is 0.700 bits per heavy atom. The highest BCUT2D eigenvalue weighted by atomic mass is 16.1. The second kappa shape index (κ2) is 7.68. The first-order valence-corrected chi connectivity index (χ1v) is 9.67. The summed E-state index contributed by atoms with van der Waals surface area (Å²) in [5.74, 6) is -0.323. The van der Waals surface area contributed by atoms with Crippen molar-refractivity contribution in [2.24, 2.45) is 9.98 Å². The second-order valence-electron chi connectivity index (χ2n) is 6.89. The SMILES string of the molecule is O=C1N=c2cccc(-c3ccncc3)c2=C1N=C(c1ccccc1)c1ccccc1. The molecule has 1 aliphatic heterocycles. The van der Waals surface area contributed by atoms with Crippen molar-refractivity contribution in [1.29, 1.82) is 0 Å². The molecule has 30 heavy (non-hydrogen) atoms. The first-order valence-electron chi connectivity index (χ1n) is 9.67. The van der Waals surface area contributed by atoms with E-state index in [-0.39, 0.29) is 5.91 Å². The van der Waals surface area contributed by atoms with Gasteiger partial charge in [0.2, 0.25) is 0 Å². The Hall–Kier alpha value is -4.18. The third-order valence-corrected chi connectivity index (χ3v) is 5.01. The number of rotatable bonds is 4. The van der Waals surface area contributed by atoms with Crippen LogP contribution >= 0.6 is 0 Å². The fourth-order valence-electron chi connectivity index (χ4n) is 3.63. The Morgan fingerprint density at radius 2 is 1.33 bits per heavy atom. The quantitative estimate of drug-likeness (QED) is 0.503. The van der Waals surface area contributed by atoms with Crippen molar-refractivity contribution in [2.45, 2.75) is 0 Å². The standard InChI is InChI=1S/C26H17N3O/c30-26-25(23-21(12-7-13-22(23)28-26)18-14-16-27-17-15-18)29-24(19-8-3-1-4-9-19)20-10-5-2-6-11-20/h1-17H. The second-order valence-corrected chi connectivity index (χ2v) is 6.89. The van der Waals surface area contributed by atoms with Crippen LogP contribution in [-0.4, -0.2) is 16.6 Å². The molecule has 0 atom stereocenters. The summed E-state index contributed by atoms with van der Waals surface area (Å²) < 4.78 is 0. The zero-order valence-corrected chi connectivity index (χ0v) is 16.1. The van der Waals surface area contributed by atoms with E-state index in [1.807, 2.05) is 91.0 Å². The van der Waals surface area contributed by atoms with Crippen LogP contribution < -0.4 is 10.6 Å². The summed E-state index contributed by atoms with van der Waals surface area (Å²) >= 11 is 0. The highest BCUT2D eigenvalue weighted by molar-refractivity contribution is 6.22. The van der Waals surface area contributed by atoms with Crippen LogP contribution in [0.2, 0.25) is 0 Å². The molecule has 0 aliphatic carbocycles. The fraction of sp³-hybridized carbons (Fsp3) is 0. The maximum absolute atomic E-state index is 12.9. The smallest absolute Gasteiger partial charge is 0.265 e. The van der Waals surface area contributed by atoms with E-state index in [4.69, 9.17) is 4.99 Å². The van der Waals surface area contributed by atoms with Crippen molar-refractivity contribution in [3.05, 3.63) is 125 Å². The van der Waals surface area contributed by atoms with Crippen molar-refractivity contribution in [1.82, 2.24) is 4.98 Å². The number of hydrogen-bond donors (Lipinski definition) is 0. The molecule has 4 heteroatoms. The number of benzene rings is 3. The minimum atomic E-state index is -0.323. The predicted octanol–water partition coefficient (Wildman–Crippen LogP) is 3.55. The van der Waals surface area contributed by atoms with Gasteiger partial charge in [0.1, 0.15) is 5.70 Å². The number of aromatic nitrogens is 1. The molecule has 1 aliphatic rings. The van der Waals surface area contributed by atoms with E-state index in [9.17, 15) is 4.79 Å². The number of nitrogens with zero attached hydrogens (tertiary/aromatic N) is 3. The van der Waals surface area contributed by atoms with Gasteiger partial charge < -0.3 is 0 Å². The van der Waals surface area contributed by atoms with E-state index in [2.05, 4.69) is 9.98 Å². The van der Waals surface area contributed by atoms with E-state index < -0.39 is 0 Å². The molecular weight excluding hydrogens is 370 g/mol. The van der Waals surface area contributed by atoms with Crippen LogP contribution in [0.1, 0.15) is 11.1 Å². The lowest BCUT2D eigenvalue weighted by Crippen LogP contribution is -2.25. The summed E-state index contributed by atoms with van der Waals surface area (Å²) in [5.41, 5.74) is 4.88. The minimum Gasteiger partial charge on any atom is -0.265 e. The first kappa shape index (κ1) is 17.9. The number of hydrogen-bond acceptors (Lipinski definition) is 3. The van der Waals surface area contributed by atoms with Gasteiger partial charge in [-0.2, -0.15) is 0 Å². The van der Waals surface area contributed by atoms with E-state index in [1.165, 1.54) is 0 Å². The van der Waals surface area contributed by atoms with Gasteiger partial charge in [0, 0.05) is 28.7 Å². The van der Waals surface area contributed by atoms with Crippen molar-refractivity contribution in [3.8, 4) is 11.1 Å². The molecule has 0 N–H and O–H groups in total. The van der Waals surface area contributed by atoms with Gasteiger partial charge in [-0.1, -0.05) is 72.8 Å². The maximum Gasteiger partial charge on any atom is 0.296 e. The largest absolute Gasteiger partial charge is 0.296 e. The average Bonchev–Trinajstić information content (AvgIpc) is 3.14. The van der Waals surface area contributed by atoms with Gasteiger partial charge in [-0.3, -0.25) is 9.78 Å². The molecule has 0 saturated carbocycles. The summed E-state index contributed by atoms with van der Waals surface area (Å²) in [7, 11) is 0. The number of amides is 1. The highest BCUT2D eigenvalue weighted by Gasteiger charge is 2.20. The summed E-state index contributed by atoms with van der Waals surface area (Å²) in [6.07, 6.45) is 3.48. The highest BCUT2D eigenvalue weighted by Crippen LogP contribution is 2.18. The molecule has 0 fully saturated rings. The zero-order valence-electron chi connectivity index (χ0n) is 16.1. The van der Waals surface area contributed by atoms with Crippen LogP contribution in [0.4, 0.5) is 0 Å². The van der Waals surface area contributed by atoms with Gasteiger partial charge in [-0.15, -0.1) is 0 Å². The van der Waals surface area contributed by atoms with Crippen molar-refractivity contribution in [2.75, 3.05) is 0 Å². The molecule has 5 rings (SSSR count). The molecular formula is C26H17N3O. The van der Waals surface area contributed by atoms with Crippen LogP contribution in [0.25, 0.3) is 16.8 Å². The summed E-state index contributed by atoms with van der Waals surface area (Å²) in [6.45, 7) is 0. The Labute approximate surface area is 173 Å². The Kier molecular flexibility index (Phi) is 4.58. The topological polar surface area (TPSA) is 54.7 Å². The lowest BCUT2D eigenvalue weighted by atomic mass is 10.0. The number of carbonyl (C=O) groups is 1. The Balaban J connectivity index is 1.82. The summed E-state index contributed by atoms with van der Waals surface area (Å²) in [6, 6.07) is 29.4. The van der Waals surface area contributed by atoms with Gasteiger partial charge in [-0.25, -0.2) is 9.98 Å². The van der Waals surface area contributed by atoms with E-state index in [1.54, 1.807) is 12.4 Å². The number of carbonyl (C=O) groups excluding carboxylic acids is 1. The molecule has 2 heterocycles. The molecule has 142 valence electrons. The van der Waals surface area contributed by atoms with Crippen LogP contribution in [0.5, 0.6) is 0 Å². The van der Waals surface area contributed by atoms with Gasteiger partial charge in [-0.05, 0) is 29.3 Å². The van der Waals surface area contributed by atoms with Crippen LogP contribution in [0, 0.1) is 0 Å². The van der Waals surface area contributed by atoms with Crippen molar-refractivity contribution in [3.63, 3.8) is 0 Å². The molecule has 0 spiro atoms. The van der Waals surface area contributed by atoms with E-state index in [0.29, 0.717) is 11.1 Å². The average molecular weight is 387 g/mol. The molecule has 4 nitrogen and oxygen atoms in total. The number of fused-ring (bicyclic) bond motifs is 1. The maximum atomic E-state index is 12.9. The molecule has 1 amide bonds. The summed E-state index contributed by atoms with van der Waals surface area (Å²) in [4.78, 5) is 26.2. The van der Waals surface area contributed by atoms with Gasteiger partial charge in [0.15, 0.2) is 0 Å². The van der Waals surface area contributed by atoms with Crippen LogP contribution in [-0.2, 0) is 4.79 Å². The molecule has 0 radical (unpaired) electrons. The molecule has 0 saturated heterocycles. The Bertz CT molecular complexity index is 1340. The van der Waals surface area contributed by atoms with Gasteiger partial charge in [0.25, 0.3) is 5.91 Å². The van der Waals surface area contributed by atoms with E-state index >= 15 is 0 Å². The molecule has 0 unspecified atom stereocenters. The normalized spacial score (nSPS) is 12.3. The monoisotopic (exact) mass is 387 g/mol. The predicted molar refractivity (Wildman–Crippen MR) is 117 cm³/mol. The lowest BCUT2D eigenvalue weighted by molar-refractivity contribution is -0.112. The third-order valence-electron chi connectivity index (χ3n) is 5.01. The summed E-state index contributed by atoms with van der Waals surface area (Å²) in [5, 5.41) is 1.41. The molecule has 1 aromatic heterocycles. The lowest BCUT2D eigenvalue weighted by Gasteiger charge is -2.08. The van der Waals surface area contributed by atoms with Gasteiger partial charge in [0.05, 0.1) is 11.1 Å². The first-order chi connectivity index (χ1) is 14.8. The fourth-order valence-corrected chi connectivity index (χ4v) is 3.63. The molecule has 4 aromatic rings. The van der Waals surface area contributed by atoms with Gasteiger partial charge >= 0.3 is 0 Å². The van der Waals surface area contributed by atoms with Crippen molar-refractivity contribution >= 4 is 17.3 Å². The third kappa shape index (κ3) is 3.25. The number of aliphatic imine (C=N–C) groups is 1. The molecule has 3 aromatic carbocycles. The molecule has 0 bridgehead atoms.